The second-order valence-corrected chi connectivity index (χ2v) is 18.2. The highest BCUT2D eigenvalue weighted by Crippen LogP contribution is 2.42. The fourth-order valence-corrected chi connectivity index (χ4v) is 9.53. The Kier molecular flexibility index (Phi) is 15.6. The van der Waals surface area contributed by atoms with Crippen molar-refractivity contribution < 1.29 is 14.5 Å². The van der Waals surface area contributed by atoms with E-state index in [2.05, 4.69) is 64.2 Å². The predicted molar refractivity (Wildman–Crippen MR) is 237 cm³/mol. The second kappa shape index (κ2) is 20.7. The van der Waals surface area contributed by atoms with Crippen LogP contribution in [0.4, 0.5) is 17.1 Å². The minimum atomic E-state index is -0.355. The van der Waals surface area contributed by atoms with Gasteiger partial charge in [-0.3, -0.25) is 29.4 Å². The van der Waals surface area contributed by atoms with Crippen molar-refractivity contribution in [2.75, 3.05) is 81.5 Å². The van der Waals surface area contributed by atoms with Crippen LogP contribution < -0.4 is 14.9 Å². The number of morpholine rings is 1. The van der Waals surface area contributed by atoms with Crippen molar-refractivity contribution >= 4 is 46.7 Å². The van der Waals surface area contributed by atoms with Crippen LogP contribution >= 0.6 is 23.7 Å². The third-order valence-corrected chi connectivity index (χ3v) is 13.3. The number of thioether (sulfide) groups is 1. The maximum absolute atomic E-state index is 13.2. The number of nitro benzene ring substituents is 1. The number of anilines is 2. The van der Waals surface area contributed by atoms with E-state index in [1.54, 1.807) is 23.4 Å². The first kappa shape index (κ1) is 42.8. The largest absolute Gasteiger partial charge is 0.379 e. The van der Waals surface area contributed by atoms with Gasteiger partial charge in [0.25, 0.3) is 11.6 Å². The minimum absolute atomic E-state index is 0.0123. The Labute approximate surface area is 348 Å². The standard InChI is InChI=1S/C45H60N6O4S2/c1-5-9-34(2)41-31-45(3,4)20-18-36(41)32-49-22-24-50(25-23-49)38-14-12-35(13-15-38)44(52)47-57-40-16-17-42(43(30-40)51(53)54)46-37(19-21-48-26-28-55-29-27-48)33-56-39-10-7-6-8-11-39/h6-8,10-17,30,37,46H,2,5,9,18-29,31-33H2,1,3-4H3,(H,47,52). The number of hydrogen-bond acceptors (Lipinski definition) is 10. The smallest absolute Gasteiger partial charge is 0.293 e. The zero-order chi connectivity index (χ0) is 40.2. The first-order chi connectivity index (χ1) is 27.6. The van der Waals surface area contributed by atoms with Crippen molar-refractivity contribution in [3.8, 4) is 0 Å². The van der Waals surface area contributed by atoms with Gasteiger partial charge in [-0.15, -0.1) is 11.8 Å². The second-order valence-electron chi connectivity index (χ2n) is 16.3. The molecule has 0 saturated carbocycles. The summed E-state index contributed by atoms with van der Waals surface area (Å²) in [5.41, 5.74) is 6.92. The van der Waals surface area contributed by atoms with E-state index in [1.807, 2.05) is 48.5 Å². The molecule has 6 rings (SSSR count). The zero-order valence-electron chi connectivity index (χ0n) is 34.0. The van der Waals surface area contributed by atoms with Gasteiger partial charge in [0.1, 0.15) is 5.69 Å². The summed E-state index contributed by atoms with van der Waals surface area (Å²) < 4.78 is 8.40. The van der Waals surface area contributed by atoms with Gasteiger partial charge in [-0.25, -0.2) is 0 Å². The van der Waals surface area contributed by atoms with Crippen LogP contribution in [0, 0.1) is 15.5 Å². The molecule has 1 atom stereocenters. The quantitative estimate of drug-likeness (QED) is 0.0559. The van der Waals surface area contributed by atoms with Crippen LogP contribution in [-0.2, 0) is 4.74 Å². The molecule has 57 heavy (non-hydrogen) atoms. The number of amides is 1. The van der Waals surface area contributed by atoms with Crippen LogP contribution in [0.2, 0.25) is 0 Å². The maximum atomic E-state index is 13.2. The van der Waals surface area contributed by atoms with Crippen molar-refractivity contribution in [2.24, 2.45) is 5.41 Å². The molecule has 2 heterocycles. The third-order valence-electron chi connectivity index (χ3n) is 11.3. The monoisotopic (exact) mass is 812 g/mol. The summed E-state index contributed by atoms with van der Waals surface area (Å²) >= 11 is 2.83. The lowest BCUT2D eigenvalue weighted by molar-refractivity contribution is -0.384. The Bertz CT molecular complexity index is 1840. The number of hydrogen-bond donors (Lipinski definition) is 2. The van der Waals surface area contributed by atoms with Crippen LogP contribution in [0.3, 0.4) is 0 Å². The summed E-state index contributed by atoms with van der Waals surface area (Å²) in [6.07, 6.45) is 6.59. The number of ether oxygens (including phenoxy) is 1. The number of carbonyl (C=O) groups is 1. The summed E-state index contributed by atoms with van der Waals surface area (Å²) in [5.74, 6) is 0.521. The first-order valence-electron chi connectivity index (χ1n) is 20.5. The topological polar surface area (TPSA) is 103 Å². The minimum Gasteiger partial charge on any atom is -0.379 e. The van der Waals surface area contributed by atoms with Crippen molar-refractivity contribution in [3.63, 3.8) is 0 Å². The van der Waals surface area contributed by atoms with Crippen LogP contribution in [0.15, 0.2) is 106 Å². The van der Waals surface area contributed by atoms with E-state index in [4.69, 9.17) is 4.74 Å². The first-order valence-corrected chi connectivity index (χ1v) is 22.3. The molecule has 1 unspecified atom stereocenters. The van der Waals surface area contributed by atoms with Crippen molar-refractivity contribution in [3.05, 3.63) is 112 Å². The molecule has 1 aliphatic carbocycles. The van der Waals surface area contributed by atoms with Crippen LogP contribution in [0.5, 0.6) is 0 Å². The Morgan fingerprint density at radius 3 is 2.40 bits per heavy atom. The normalized spacial score (nSPS) is 18.3. The number of benzene rings is 3. The molecule has 3 aliphatic rings. The number of nitrogens with one attached hydrogen (secondary N) is 2. The highest BCUT2D eigenvalue weighted by atomic mass is 32.2. The van der Waals surface area contributed by atoms with E-state index in [1.165, 1.54) is 23.6 Å². The molecule has 2 fully saturated rings. The summed E-state index contributed by atoms with van der Waals surface area (Å²) in [7, 11) is 0. The summed E-state index contributed by atoms with van der Waals surface area (Å²) in [6.45, 7) is 20.5. The number of allylic oxidation sites excluding steroid dienone is 2. The molecule has 1 amide bonds. The highest BCUT2D eigenvalue weighted by Gasteiger charge is 2.29. The number of rotatable bonds is 18. The Balaban J connectivity index is 1.01. The third kappa shape index (κ3) is 12.6. The lowest BCUT2D eigenvalue weighted by atomic mass is 9.72. The summed E-state index contributed by atoms with van der Waals surface area (Å²) in [5, 5.41) is 15.8. The molecule has 0 radical (unpaired) electrons. The lowest BCUT2D eigenvalue weighted by Crippen LogP contribution is -2.47. The molecule has 0 bridgehead atoms. The number of carbonyl (C=O) groups excluding carboxylic acids is 1. The fourth-order valence-electron chi connectivity index (χ4n) is 7.90. The van der Waals surface area contributed by atoms with Crippen molar-refractivity contribution in [2.45, 2.75) is 75.1 Å². The Morgan fingerprint density at radius 2 is 1.70 bits per heavy atom. The van der Waals surface area contributed by atoms with E-state index in [0.717, 1.165) is 126 Å². The Morgan fingerprint density at radius 1 is 0.965 bits per heavy atom. The van der Waals surface area contributed by atoms with Gasteiger partial charge in [0.2, 0.25) is 0 Å². The van der Waals surface area contributed by atoms with E-state index in [9.17, 15) is 14.9 Å². The highest BCUT2D eigenvalue weighted by molar-refractivity contribution is 7.99. The molecule has 2 saturated heterocycles. The van der Waals surface area contributed by atoms with Gasteiger partial charge in [0.05, 0.1) is 18.1 Å². The number of nitro groups is 1. The molecule has 12 heteroatoms. The molecule has 2 N–H and O–H groups in total. The summed E-state index contributed by atoms with van der Waals surface area (Å²) in [4.78, 5) is 34.2. The van der Waals surface area contributed by atoms with E-state index >= 15 is 0 Å². The molecule has 0 aromatic heterocycles. The molecule has 306 valence electrons. The SMILES string of the molecule is C=C(CCC)C1=C(CN2CCN(c3ccc(C(=O)NSc4ccc(NC(CCN5CCOCC5)CSc5ccccc5)c([N+](=O)[O-])c4)cc3)CC2)CCC(C)(C)C1. The van der Waals surface area contributed by atoms with Gasteiger partial charge in [-0.1, -0.05) is 63.1 Å². The van der Waals surface area contributed by atoms with Crippen molar-refractivity contribution in [1.82, 2.24) is 14.5 Å². The average Bonchev–Trinajstić information content (AvgIpc) is 3.23. The predicted octanol–water partition coefficient (Wildman–Crippen LogP) is 9.31. The van der Waals surface area contributed by atoms with Gasteiger partial charge in [-0.05, 0) is 104 Å². The van der Waals surface area contributed by atoms with Crippen LogP contribution in [-0.4, -0.2) is 98.0 Å². The summed E-state index contributed by atoms with van der Waals surface area (Å²) in [6, 6.07) is 23.1. The van der Waals surface area contributed by atoms with E-state index < -0.39 is 0 Å². The van der Waals surface area contributed by atoms with Gasteiger partial charge in [-0.2, -0.15) is 0 Å². The maximum Gasteiger partial charge on any atom is 0.293 e. The van der Waals surface area contributed by atoms with Gasteiger partial charge in [0.15, 0.2) is 0 Å². The van der Waals surface area contributed by atoms with E-state index in [-0.39, 0.29) is 22.6 Å². The molecule has 3 aromatic rings. The van der Waals surface area contributed by atoms with E-state index in [0.29, 0.717) is 21.6 Å². The lowest BCUT2D eigenvalue weighted by Gasteiger charge is -2.39. The number of nitrogens with zero attached hydrogens (tertiary/aromatic N) is 4. The average molecular weight is 813 g/mol. The van der Waals surface area contributed by atoms with Gasteiger partial charge < -0.3 is 15.0 Å². The molecule has 10 nitrogen and oxygen atoms in total. The molecular formula is C45H60N6O4S2. The molecule has 0 spiro atoms. The molecule has 3 aromatic carbocycles. The Hall–Kier alpha value is -3.81. The molecule has 2 aliphatic heterocycles. The van der Waals surface area contributed by atoms with Gasteiger partial charge >= 0.3 is 0 Å². The number of piperazine rings is 1. The van der Waals surface area contributed by atoms with Crippen LogP contribution in [0.1, 0.15) is 69.7 Å². The molecular weight excluding hydrogens is 753 g/mol. The van der Waals surface area contributed by atoms with Crippen LogP contribution in [0.25, 0.3) is 0 Å². The van der Waals surface area contributed by atoms with Gasteiger partial charge in [0, 0.05) is 91.3 Å². The van der Waals surface area contributed by atoms with Crippen molar-refractivity contribution in [1.29, 1.82) is 0 Å². The zero-order valence-corrected chi connectivity index (χ0v) is 35.6. The fraction of sp³-hybridized carbons (Fsp3) is 0.489.